The van der Waals surface area contributed by atoms with Gasteiger partial charge >= 0.3 is 0 Å². The Morgan fingerprint density at radius 2 is 1.92 bits per heavy atom. The van der Waals surface area contributed by atoms with Crippen molar-refractivity contribution in [2.75, 3.05) is 0 Å². The van der Waals surface area contributed by atoms with E-state index in [4.69, 9.17) is 0 Å². The van der Waals surface area contributed by atoms with Crippen molar-refractivity contribution in [3.8, 4) is 0 Å². The molecule has 2 heteroatoms. The molecule has 0 aliphatic carbocycles. The summed E-state index contributed by atoms with van der Waals surface area (Å²) in [5.41, 5.74) is 0. The van der Waals surface area contributed by atoms with Crippen molar-refractivity contribution in [2.24, 2.45) is 11.8 Å². The SMILES string of the molecule is CCCCC1C(C)SSC1C(C)C. The lowest BCUT2D eigenvalue weighted by Crippen LogP contribution is -2.23. The van der Waals surface area contributed by atoms with Crippen LogP contribution < -0.4 is 0 Å². The Bertz CT molecular complexity index is 145. The summed E-state index contributed by atoms with van der Waals surface area (Å²) >= 11 is 0. The summed E-state index contributed by atoms with van der Waals surface area (Å²) in [4.78, 5) is 0. The molecule has 0 N–H and O–H groups in total. The summed E-state index contributed by atoms with van der Waals surface area (Å²) in [6.07, 6.45) is 4.21. The Hall–Kier alpha value is 0.700. The zero-order valence-electron chi connectivity index (χ0n) is 9.25. The van der Waals surface area contributed by atoms with Gasteiger partial charge in [0.1, 0.15) is 0 Å². The first-order chi connectivity index (χ1) is 6.16. The predicted molar refractivity (Wildman–Crippen MR) is 66.3 cm³/mol. The third-order valence-corrected chi connectivity index (χ3v) is 6.68. The molecule has 1 heterocycles. The summed E-state index contributed by atoms with van der Waals surface area (Å²) in [5, 5.41) is 1.79. The van der Waals surface area contributed by atoms with Gasteiger partial charge in [-0.15, -0.1) is 0 Å². The van der Waals surface area contributed by atoms with E-state index in [1.54, 1.807) is 0 Å². The Kier molecular flexibility index (Phi) is 5.03. The van der Waals surface area contributed by atoms with E-state index < -0.39 is 0 Å². The number of hydrogen-bond donors (Lipinski definition) is 0. The highest BCUT2D eigenvalue weighted by atomic mass is 33.1. The van der Waals surface area contributed by atoms with Crippen molar-refractivity contribution in [1.29, 1.82) is 0 Å². The fourth-order valence-corrected chi connectivity index (χ4v) is 6.03. The molecule has 1 saturated heterocycles. The van der Waals surface area contributed by atoms with Gasteiger partial charge in [0.15, 0.2) is 0 Å². The average molecular weight is 218 g/mol. The van der Waals surface area contributed by atoms with E-state index in [0.29, 0.717) is 0 Å². The van der Waals surface area contributed by atoms with Crippen LogP contribution in [0.5, 0.6) is 0 Å². The third kappa shape index (κ3) is 3.09. The Labute approximate surface area is 91.0 Å². The van der Waals surface area contributed by atoms with Crippen molar-refractivity contribution in [1.82, 2.24) is 0 Å². The molecule has 0 nitrogen and oxygen atoms in total. The van der Waals surface area contributed by atoms with Gasteiger partial charge in [0, 0.05) is 10.5 Å². The van der Waals surface area contributed by atoms with E-state index in [1.807, 2.05) is 0 Å². The van der Waals surface area contributed by atoms with Crippen LogP contribution in [0.2, 0.25) is 0 Å². The molecule has 13 heavy (non-hydrogen) atoms. The Morgan fingerprint density at radius 1 is 1.23 bits per heavy atom. The van der Waals surface area contributed by atoms with Crippen LogP contribution in [0, 0.1) is 11.8 Å². The van der Waals surface area contributed by atoms with Crippen molar-refractivity contribution in [3.63, 3.8) is 0 Å². The molecule has 0 aromatic heterocycles. The second kappa shape index (κ2) is 5.55. The highest BCUT2D eigenvalue weighted by Crippen LogP contribution is 2.51. The normalized spacial score (nSPS) is 34.4. The molecule has 0 aromatic rings. The minimum atomic E-state index is 0.851. The minimum absolute atomic E-state index is 0.851. The topological polar surface area (TPSA) is 0 Å². The summed E-state index contributed by atoms with van der Waals surface area (Å²) in [6.45, 7) is 9.44. The fraction of sp³-hybridized carbons (Fsp3) is 1.00. The first kappa shape index (κ1) is 11.8. The fourth-order valence-electron chi connectivity index (χ4n) is 2.01. The highest BCUT2D eigenvalue weighted by Gasteiger charge is 2.35. The number of hydrogen-bond acceptors (Lipinski definition) is 2. The third-order valence-electron chi connectivity index (χ3n) is 2.89. The van der Waals surface area contributed by atoms with Crippen LogP contribution in [0.1, 0.15) is 47.0 Å². The van der Waals surface area contributed by atoms with Gasteiger partial charge < -0.3 is 0 Å². The second-order valence-electron chi connectivity index (χ2n) is 4.41. The van der Waals surface area contributed by atoms with Gasteiger partial charge in [-0.05, 0) is 18.3 Å². The maximum atomic E-state index is 2.40. The molecule has 0 radical (unpaired) electrons. The van der Waals surface area contributed by atoms with Gasteiger partial charge in [-0.3, -0.25) is 0 Å². The average Bonchev–Trinajstić information content (AvgIpc) is 2.43. The molecule has 3 unspecified atom stereocenters. The number of unbranched alkanes of at least 4 members (excludes halogenated alkanes) is 1. The van der Waals surface area contributed by atoms with Crippen LogP contribution in [0.4, 0.5) is 0 Å². The molecule has 1 aliphatic rings. The van der Waals surface area contributed by atoms with Crippen LogP contribution in [0.15, 0.2) is 0 Å². The highest BCUT2D eigenvalue weighted by molar-refractivity contribution is 8.77. The van der Waals surface area contributed by atoms with Gasteiger partial charge in [-0.1, -0.05) is 62.1 Å². The van der Waals surface area contributed by atoms with E-state index in [1.165, 1.54) is 19.3 Å². The molecule has 1 aliphatic heterocycles. The lowest BCUT2D eigenvalue weighted by atomic mass is 9.89. The van der Waals surface area contributed by atoms with Crippen LogP contribution in [0.3, 0.4) is 0 Å². The summed E-state index contributed by atoms with van der Waals surface area (Å²) in [7, 11) is 4.24. The van der Waals surface area contributed by atoms with Crippen LogP contribution in [0.25, 0.3) is 0 Å². The molecular formula is C11H22S2. The van der Waals surface area contributed by atoms with Gasteiger partial charge in [0.25, 0.3) is 0 Å². The maximum absolute atomic E-state index is 2.40. The van der Waals surface area contributed by atoms with E-state index >= 15 is 0 Å². The van der Waals surface area contributed by atoms with E-state index in [-0.39, 0.29) is 0 Å². The summed E-state index contributed by atoms with van der Waals surface area (Å²) < 4.78 is 0. The van der Waals surface area contributed by atoms with E-state index in [0.717, 1.165) is 22.3 Å². The molecule has 1 fully saturated rings. The zero-order valence-corrected chi connectivity index (χ0v) is 10.9. The number of rotatable bonds is 4. The Balaban J connectivity index is 2.45. The minimum Gasteiger partial charge on any atom is -0.0904 e. The lowest BCUT2D eigenvalue weighted by Gasteiger charge is -2.23. The molecule has 0 saturated carbocycles. The molecule has 0 amide bonds. The second-order valence-corrected chi connectivity index (χ2v) is 7.24. The van der Waals surface area contributed by atoms with Crippen LogP contribution in [-0.4, -0.2) is 10.5 Å². The molecule has 0 bridgehead atoms. The van der Waals surface area contributed by atoms with Crippen molar-refractivity contribution >= 4 is 21.6 Å². The van der Waals surface area contributed by atoms with Gasteiger partial charge in [-0.2, -0.15) is 0 Å². The zero-order chi connectivity index (χ0) is 9.84. The summed E-state index contributed by atoms with van der Waals surface area (Å²) in [5.74, 6) is 1.82. The standard InChI is InChI=1S/C11H22S2/c1-5-6-7-10-9(4)12-13-11(10)8(2)3/h8-11H,5-7H2,1-4H3. The smallest absolute Gasteiger partial charge is 0.0213 e. The molecule has 1 rings (SSSR count). The molecule has 0 aromatic carbocycles. The molecule has 0 spiro atoms. The predicted octanol–water partition coefficient (Wildman–Crippen LogP) is 4.60. The molecule has 3 atom stereocenters. The maximum Gasteiger partial charge on any atom is 0.0213 e. The van der Waals surface area contributed by atoms with Crippen molar-refractivity contribution in [3.05, 3.63) is 0 Å². The first-order valence-corrected chi connectivity index (χ1v) is 7.76. The van der Waals surface area contributed by atoms with Crippen molar-refractivity contribution < 1.29 is 0 Å². The van der Waals surface area contributed by atoms with E-state index in [2.05, 4.69) is 49.3 Å². The van der Waals surface area contributed by atoms with Crippen LogP contribution in [-0.2, 0) is 0 Å². The van der Waals surface area contributed by atoms with Crippen LogP contribution >= 0.6 is 21.6 Å². The Morgan fingerprint density at radius 3 is 2.46 bits per heavy atom. The monoisotopic (exact) mass is 218 g/mol. The van der Waals surface area contributed by atoms with Crippen molar-refractivity contribution in [2.45, 2.75) is 57.5 Å². The molecular weight excluding hydrogens is 196 g/mol. The van der Waals surface area contributed by atoms with Gasteiger partial charge in [0.2, 0.25) is 0 Å². The van der Waals surface area contributed by atoms with E-state index in [9.17, 15) is 0 Å². The largest absolute Gasteiger partial charge is 0.0904 e. The van der Waals surface area contributed by atoms with Gasteiger partial charge in [-0.25, -0.2) is 0 Å². The van der Waals surface area contributed by atoms with Gasteiger partial charge in [0.05, 0.1) is 0 Å². The molecule has 78 valence electrons. The quantitative estimate of drug-likeness (QED) is 0.632. The summed E-state index contributed by atoms with van der Waals surface area (Å²) in [6, 6.07) is 0. The lowest BCUT2D eigenvalue weighted by molar-refractivity contribution is 0.395. The first-order valence-electron chi connectivity index (χ1n) is 5.49.